The molecule has 3 rings (SSSR count). The Morgan fingerprint density at radius 2 is 1.95 bits per heavy atom. The number of carbonyl (C=O) groups is 1. The second-order valence-electron chi connectivity index (χ2n) is 4.69. The number of hydrogen-bond acceptors (Lipinski definition) is 3. The molecule has 3 nitrogen and oxygen atoms in total. The van der Waals surface area contributed by atoms with Crippen LogP contribution in [0.3, 0.4) is 0 Å². The maximum Gasteiger partial charge on any atom is 0.207 e. The summed E-state index contributed by atoms with van der Waals surface area (Å²) in [6.45, 7) is 0. The summed E-state index contributed by atoms with van der Waals surface area (Å²) in [4.78, 5) is 16.7. The second-order valence-corrected chi connectivity index (χ2v) is 6.58. The average molecular weight is 303 g/mol. The first-order chi connectivity index (χ1) is 10.2. The fourth-order valence-corrected chi connectivity index (χ4v) is 3.86. The first-order valence-corrected chi connectivity index (χ1v) is 8.04. The Bertz CT molecular complexity index is 713. The molecule has 0 amide bonds. The monoisotopic (exact) mass is 303 g/mol. The number of nitrogens with zero attached hydrogens (tertiary/aromatic N) is 1. The lowest BCUT2D eigenvalue weighted by Crippen LogP contribution is -2.08. The summed E-state index contributed by atoms with van der Waals surface area (Å²) in [5.74, 6) is 0.985. The van der Waals surface area contributed by atoms with Gasteiger partial charge in [0.15, 0.2) is 0 Å². The fraction of sp³-hybridized carbons (Fsp3) is 0.125. The van der Waals surface area contributed by atoms with Crippen LogP contribution < -0.4 is 4.74 Å². The number of rotatable bonds is 3. The first-order valence-electron chi connectivity index (χ1n) is 6.45. The van der Waals surface area contributed by atoms with Crippen molar-refractivity contribution >= 4 is 27.2 Å². The van der Waals surface area contributed by atoms with Crippen molar-refractivity contribution in [1.29, 1.82) is 0 Å². The van der Waals surface area contributed by atoms with Crippen LogP contribution in [0.4, 0.5) is 10.1 Å². The molecule has 108 valence electrons. The number of benzene rings is 2. The Kier molecular flexibility index (Phi) is 3.75. The lowest BCUT2D eigenvalue weighted by atomic mass is 10.2. The van der Waals surface area contributed by atoms with E-state index >= 15 is 0 Å². The summed E-state index contributed by atoms with van der Waals surface area (Å²) < 4.78 is 18.4. The summed E-state index contributed by atoms with van der Waals surface area (Å²) in [5, 5.41) is -0.0229. The van der Waals surface area contributed by atoms with Gasteiger partial charge in [0.2, 0.25) is 5.12 Å². The van der Waals surface area contributed by atoms with E-state index in [0.717, 1.165) is 11.3 Å². The van der Waals surface area contributed by atoms with Crippen molar-refractivity contribution < 1.29 is 13.9 Å². The van der Waals surface area contributed by atoms with E-state index in [1.54, 1.807) is 18.7 Å². The van der Waals surface area contributed by atoms with Crippen molar-refractivity contribution in [3.63, 3.8) is 0 Å². The highest BCUT2D eigenvalue weighted by Gasteiger charge is 2.22. The first kappa shape index (κ1) is 13.8. The minimum absolute atomic E-state index is 0.0229. The molecule has 0 aromatic heterocycles. The van der Waals surface area contributed by atoms with Gasteiger partial charge in [-0.25, -0.2) is 4.39 Å². The van der Waals surface area contributed by atoms with Crippen molar-refractivity contribution in [1.82, 2.24) is 0 Å². The minimum Gasteiger partial charge on any atom is -0.497 e. The third kappa shape index (κ3) is 2.83. The largest absolute Gasteiger partial charge is 0.497 e. The molecular formula is C16H14FNO2S. The number of ether oxygens (including phenoxy) is 1. The highest BCUT2D eigenvalue weighted by molar-refractivity contribution is 8.39. The molecule has 1 heterocycles. The Labute approximate surface area is 124 Å². The molecule has 0 saturated carbocycles. The van der Waals surface area contributed by atoms with Gasteiger partial charge in [0.05, 0.1) is 18.4 Å². The standard InChI is InChI=1S/C16H14FNO2S/c1-20-13-5-2-11(3-6-13)9-21-10-18-15-7-4-12(17)8-14(15)16(21)19/h2-8,10,21H,9H2,1H3. The van der Waals surface area contributed by atoms with E-state index in [2.05, 4.69) is 4.99 Å². The van der Waals surface area contributed by atoms with Gasteiger partial charge in [-0.1, -0.05) is 12.1 Å². The molecule has 0 fully saturated rings. The molecule has 0 bridgehead atoms. The third-order valence-corrected chi connectivity index (χ3v) is 5.16. The summed E-state index contributed by atoms with van der Waals surface area (Å²) >= 11 is 0. The number of thiol groups is 1. The van der Waals surface area contributed by atoms with E-state index in [9.17, 15) is 9.18 Å². The Balaban J connectivity index is 1.83. The maximum absolute atomic E-state index is 13.3. The van der Waals surface area contributed by atoms with Gasteiger partial charge in [-0.2, -0.15) is 0 Å². The number of aliphatic imine (C=N–C) groups is 1. The van der Waals surface area contributed by atoms with Crippen LogP contribution in [0.2, 0.25) is 0 Å². The van der Waals surface area contributed by atoms with Crippen LogP contribution in [0.5, 0.6) is 5.75 Å². The zero-order valence-corrected chi connectivity index (χ0v) is 12.3. The molecule has 2 aromatic rings. The highest BCUT2D eigenvalue weighted by atomic mass is 32.2. The normalized spacial score (nSPS) is 18.4. The molecule has 1 atom stereocenters. The lowest BCUT2D eigenvalue weighted by molar-refractivity contribution is 0.108. The third-order valence-electron chi connectivity index (χ3n) is 3.30. The predicted molar refractivity (Wildman–Crippen MR) is 84.6 cm³/mol. The number of carbonyl (C=O) groups excluding carboxylic acids is 1. The average Bonchev–Trinajstić information content (AvgIpc) is 2.51. The van der Waals surface area contributed by atoms with E-state index in [4.69, 9.17) is 4.74 Å². The zero-order chi connectivity index (χ0) is 14.8. The van der Waals surface area contributed by atoms with Gasteiger partial charge in [-0.05, 0) is 35.9 Å². The van der Waals surface area contributed by atoms with Crippen LogP contribution in [-0.4, -0.2) is 17.8 Å². The molecule has 0 spiro atoms. The molecule has 5 heteroatoms. The zero-order valence-electron chi connectivity index (χ0n) is 11.4. The molecule has 0 radical (unpaired) electrons. The van der Waals surface area contributed by atoms with E-state index in [0.29, 0.717) is 17.0 Å². The maximum atomic E-state index is 13.3. The molecule has 21 heavy (non-hydrogen) atoms. The quantitative estimate of drug-likeness (QED) is 0.875. The molecule has 1 aliphatic heterocycles. The van der Waals surface area contributed by atoms with Crippen LogP contribution in [0.1, 0.15) is 15.9 Å². The van der Waals surface area contributed by atoms with Gasteiger partial charge >= 0.3 is 0 Å². The van der Waals surface area contributed by atoms with Gasteiger partial charge in [0.1, 0.15) is 11.6 Å². The molecular weight excluding hydrogens is 289 g/mol. The fourth-order valence-electron chi connectivity index (χ4n) is 2.17. The molecule has 1 unspecified atom stereocenters. The Hall–Kier alpha value is -2.14. The van der Waals surface area contributed by atoms with Crippen LogP contribution in [0.15, 0.2) is 47.5 Å². The van der Waals surface area contributed by atoms with Gasteiger partial charge < -0.3 is 4.74 Å². The Morgan fingerprint density at radius 3 is 2.67 bits per heavy atom. The van der Waals surface area contributed by atoms with Crippen molar-refractivity contribution in [3.05, 3.63) is 59.4 Å². The van der Waals surface area contributed by atoms with Crippen LogP contribution >= 0.6 is 10.9 Å². The predicted octanol–water partition coefficient (Wildman–Crippen LogP) is 3.85. The van der Waals surface area contributed by atoms with Gasteiger partial charge in [-0.15, -0.1) is 10.9 Å². The molecule has 0 saturated heterocycles. The Morgan fingerprint density at radius 1 is 1.19 bits per heavy atom. The lowest BCUT2D eigenvalue weighted by Gasteiger charge is -2.20. The van der Waals surface area contributed by atoms with Crippen LogP contribution in [0.25, 0.3) is 0 Å². The van der Waals surface area contributed by atoms with E-state index in [1.165, 1.54) is 12.1 Å². The number of methoxy groups -OCH3 is 1. The van der Waals surface area contributed by atoms with E-state index < -0.39 is 16.7 Å². The SMILES string of the molecule is COc1ccc(C[SH]2C=Nc3ccc(F)cc3C2=O)cc1. The molecule has 0 aliphatic carbocycles. The second kappa shape index (κ2) is 5.69. The summed E-state index contributed by atoms with van der Waals surface area (Å²) in [5.41, 5.74) is 3.69. The molecule has 1 aliphatic rings. The molecule has 0 N–H and O–H groups in total. The number of fused-ring (bicyclic) bond motifs is 1. The van der Waals surface area contributed by atoms with Crippen molar-refractivity contribution in [2.45, 2.75) is 5.75 Å². The molecule has 2 aromatic carbocycles. The summed E-state index contributed by atoms with van der Waals surface area (Å²) in [6.07, 6.45) is 0. The number of halogens is 1. The van der Waals surface area contributed by atoms with Gasteiger partial charge in [0.25, 0.3) is 0 Å². The van der Waals surface area contributed by atoms with Crippen molar-refractivity contribution in [2.75, 3.05) is 7.11 Å². The summed E-state index contributed by atoms with van der Waals surface area (Å²) in [7, 11) is 0.553. The van der Waals surface area contributed by atoms with Crippen molar-refractivity contribution in [3.8, 4) is 5.75 Å². The highest BCUT2D eigenvalue weighted by Crippen LogP contribution is 2.40. The number of hydrogen-bond donors (Lipinski definition) is 1. The van der Waals surface area contributed by atoms with Crippen LogP contribution in [-0.2, 0) is 5.75 Å². The van der Waals surface area contributed by atoms with E-state index in [-0.39, 0.29) is 5.12 Å². The van der Waals surface area contributed by atoms with Gasteiger partial charge in [0, 0.05) is 11.3 Å². The van der Waals surface area contributed by atoms with Crippen LogP contribution in [0, 0.1) is 5.82 Å². The minimum atomic E-state index is -1.06. The van der Waals surface area contributed by atoms with E-state index in [1.807, 2.05) is 24.3 Å². The topological polar surface area (TPSA) is 38.7 Å². The smallest absolute Gasteiger partial charge is 0.207 e. The van der Waals surface area contributed by atoms with Gasteiger partial charge in [-0.3, -0.25) is 9.79 Å². The summed E-state index contributed by atoms with van der Waals surface area (Å²) in [6, 6.07) is 11.7. The van der Waals surface area contributed by atoms with Crippen molar-refractivity contribution in [2.24, 2.45) is 4.99 Å².